The van der Waals surface area contributed by atoms with Gasteiger partial charge in [0.05, 0.1) is 33.3 Å². The minimum Gasteiger partial charge on any atom is -0.390 e. The maximum absolute atomic E-state index is 13.2. The van der Waals surface area contributed by atoms with Crippen molar-refractivity contribution >= 4 is 44.4 Å². The summed E-state index contributed by atoms with van der Waals surface area (Å²) in [5.74, 6) is 0. The van der Waals surface area contributed by atoms with Gasteiger partial charge in [0.15, 0.2) is 0 Å². The van der Waals surface area contributed by atoms with Gasteiger partial charge in [-0.3, -0.25) is 0 Å². The van der Waals surface area contributed by atoms with Gasteiger partial charge in [-0.05, 0) is 55.8 Å². The van der Waals surface area contributed by atoms with Crippen LogP contribution in [0.25, 0.3) is 0 Å². The van der Waals surface area contributed by atoms with Gasteiger partial charge < -0.3 is 15.3 Å². The molecule has 2 aliphatic rings. The van der Waals surface area contributed by atoms with Crippen molar-refractivity contribution in [2.75, 3.05) is 18.0 Å². The summed E-state index contributed by atoms with van der Waals surface area (Å²) < 4.78 is 26.3. The topological polar surface area (TPSA) is 69.6 Å². The van der Waals surface area contributed by atoms with Crippen LogP contribution in [0.2, 0.25) is 10.0 Å². The smallest absolute Gasteiger partial charge is 0.210 e. The van der Waals surface area contributed by atoms with Crippen LogP contribution in [0.15, 0.2) is 46.2 Å². The predicted molar refractivity (Wildman–Crippen MR) is 102 cm³/mol. The Morgan fingerprint density at radius 1 is 1.04 bits per heavy atom. The van der Waals surface area contributed by atoms with Crippen molar-refractivity contribution in [2.24, 2.45) is 0 Å². The van der Waals surface area contributed by atoms with Crippen LogP contribution in [0.5, 0.6) is 0 Å². The first-order chi connectivity index (χ1) is 12.4. The summed E-state index contributed by atoms with van der Waals surface area (Å²) in [6.07, 6.45) is 0.986. The average molecular weight is 413 g/mol. The van der Waals surface area contributed by atoms with Crippen LogP contribution in [0.1, 0.15) is 12.8 Å². The molecule has 1 saturated heterocycles. The van der Waals surface area contributed by atoms with Crippen molar-refractivity contribution in [3.05, 3.63) is 46.4 Å². The van der Waals surface area contributed by atoms with Crippen LogP contribution in [0.4, 0.5) is 11.4 Å². The monoisotopic (exact) mass is 412 g/mol. The molecule has 26 heavy (non-hydrogen) atoms. The molecule has 2 N–H and O–H groups in total. The molecule has 0 aromatic heterocycles. The molecule has 138 valence electrons. The fraction of sp³-hybridized carbons (Fsp3) is 0.333. The average Bonchev–Trinajstić information content (AvgIpc) is 2.81. The number of aliphatic hydroxyl groups is 1. The number of hydrogen-bond donors (Lipinski definition) is 2. The van der Waals surface area contributed by atoms with E-state index in [0.29, 0.717) is 28.0 Å². The molecule has 2 aliphatic heterocycles. The molecule has 0 bridgehead atoms. The van der Waals surface area contributed by atoms with E-state index >= 15 is 0 Å². The second kappa shape index (κ2) is 6.69. The first-order valence-corrected chi connectivity index (χ1v) is 10.7. The van der Waals surface area contributed by atoms with Crippen LogP contribution < -0.4 is 10.2 Å². The number of sulfone groups is 1. The minimum atomic E-state index is -3.75. The highest BCUT2D eigenvalue weighted by atomic mass is 35.5. The molecule has 0 amide bonds. The van der Waals surface area contributed by atoms with E-state index in [1.165, 1.54) is 12.1 Å². The molecule has 2 heterocycles. The summed E-state index contributed by atoms with van der Waals surface area (Å²) >= 11 is 12.2. The van der Waals surface area contributed by atoms with Gasteiger partial charge >= 0.3 is 0 Å². The van der Waals surface area contributed by atoms with Gasteiger partial charge in [0, 0.05) is 16.6 Å². The highest BCUT2D eigenvalue weighted by Crippen LogP contribution is 2.47. The van der Waals surface area contributed by atoms with Gasteiger partial charge in [0.1, 0.15) is 0 Å². The molecule has 8 heteroatoms. The second-order valence-electron chi connectivity index (χ2n) is 6.58. The standard InChI is InChI=1S/C18H18Cl2N2O3S/c19-11-3-5-14-17(8-11)26(24,25)18-9-12(20)4-6-15(18)22(14)13-2-1-7-21-10-16(13)23/h3-6,8-9,13,16,21,23H,1-2,7,10H2/t13-,16-/m1/s1. The van der Waals surface area contributed by atoms with Gasteiger partial charge in [0.25, 0.3) is 0 Å². The lowest BCUT2D eigenvalue weighted by atomic mass is 10.0. The third-order valence-electron chi connectivity index (χ3n) is 4.92. The molecule has 0 saturated carbocycles. The van der Waals surface area contributed by atoms with Gasteiger partial charge in [0.2, 0.25) is 9.84 Å². The van der Waals surface area contributed by atoms with Crippen molar-refractivity contribution < 1.29 is 13.5 Å². The molecular weight excluding hydrogens is 395 g/mol. The Hall–Kier alpha value is -1.31. The van der Waals surface area contributed by atoms with Crippen molar-refractivity contribution in [1.82, 2.24) is 5.32 Å². The van der Waals surface area contributed by atoms with Crippen molar-refractivity contribution in [3.8, 4) is 0 Å². The van der Waals surface area contributed by atoms with Gasteiger partial charge in [-0.25, -0.2) is 8.42 Å². The van der Waals surface area contributed by atoms with Crippen LogP contribution in [-0.4, -0.2) is 38.8 Å². The van der Waals surface area contributed by atoms with Crippen molar-refractivity contribution in [1.29, 1.82) is 0 Å². The summed E-state index contributed by atoms with van der Waals surface area (Å²) in [7, 11) is -3.75. The van der Waals surface area contributed by atoms with Crippen molar-refractivity contribution in [3.63, 3.8) is 0 Å². The lowest BCUT2D eigenvalue weighted by Gasteiger charge is -2.40. The molecule has 5 nitrogen and oxygen atoms in total. The van der Waals surface area contributed by atoms with E-state index in [-0.39, 0.29) is 15.8 Å². The number of nitrogens with zero attached hydrogens (tertiary/aromatic N) is 1. The number of fused-ring (bicyclic) bond motifs is 2. The molecule has 2 aromatic carbocycles. The van der Waals surface area contributed by atoms with E-state index in [2.05, 4.69) is 5.32 Å². The summed E-state index contributed by atoms with van der Waals surface area (Å²) in [4.78, 5) is 2.21. The number of anilines is 2. The SMILES string of the molecule is O=S1(=O)c2cc(Cl)ccc2N([C@@H]2CCCNC[C@H]2O)c2ccc(Cl)cc21. The van der Waals surface area contributed by atoms with Crippen LogP contribution in [-0.2, 0) is 9.84 Å². The Balaban J connectivity index is 1.98. The lowest BCUT2D eigenvalue weighted by Crippen LogP contribution is -2.45. The third-order valence-corrected chi connectivity index (χ3v) is 7.21. The second-order valence-corrected chi connectivity index (χ2v) is 9.34. The molecule has 0 spiro atoms. The summed E-state index contributed by atoms with van der Waals surface area (Å²) in [5.41, 5.74) is 1.07. The van der Waals surface area contributed by atoms with Gasteiger partial charge in [-0.2, -0.15) is 0 Å². The summed E-state index contributed by atoms with van der Waals surface area (Å²) in [5, 5.41) is 14.6. The van der Waals surface area contributed by atoms with Gasteiger partial charge in [-0.1, -0.05) is 23.2 Å². The number of β-amino-alcohol motifs (C(OH)–C–C–N with tert-alkyl or cyclic N) is 1. The largest absolute Gasteiger partial charge is 0.390 e. The number of nitrogens with one attached hydrogen (secondary N) is 1. The van der Waals surface area contributed by atoms with Crippen molar-refractivity contribution in [2.45, 2.75) is 34.8 Å². The van der Waals surface area contributed by atoms with Gasteiger partial charge in [-0.15, -0.1) is 0 Å². The van der Waals surface area contributed by atoms with E-state index < -0.39 is 15.9 Å². The zero-order valence-electron chi connectivity index (χ0n) is 13.8. The summed E-state index contributed by atoms with van der Waals surface area (Å²) in [6.45, 7) is 1.28. The Bertz CT molecular complexity index is 905. The molecule has 0 unspecified atom stereocenters. The van der Waals surface area contributed by atoms with Crippen LogP contribution in [0, 0.1) is 0 Å². The van der Waals surface area contributed by atoms with Crippen LogP contribution in [0.3, 0.4) is 0 Å². The normalized spacial score (nSPS) is 24.5. The first-order valence-electron chi connectivity index (χ1n) is 8.42. The van der Waals surface area contributed by atoms with E-state index in [0.717, 1.165) is 19.4 Å². The lowest BCUT2D eigenvalue weighted by molar-refractivity contribution is 0.147. The summed E-state index contributed by atoms with van der Waals surface area (Å²) in [6, 6.07) is 9.43. The Labute approximate surface area is 162 Å². The zero-order valence-corrected chi connectivity index (χ0v) is 16.2. The Morgan fingerprint density at radius 2 is 1.62 bits per heavy atom. The number of rotatable bonds is 1. The number of benzene rings is 2. The Kier molecular flexibility index (Phi) is 4.65. The quantitative estimate of drug-likeness (QED) is 0.750. The predicted octanol–water partition coefficient (Wildman–Crippen LogP) is 3.39. The van der Waals surface area contributed by atoms with E-state index in [4.69, 9.17) is 23.2 Å². The highest BCUT2D eigenvalue weighted by molar-refractivity contribution is 7.92. The maximum atomic E-state index is 13.2. The van der Waals surface area contributed by atoms with E-state index in [9.17, 15) is 13.5 Å². The number of aliphatic hydroxyl groups excluding tert-OH is 1. The van der Waals surface area contributed by atoms with Crippen LogP contribution >= 0.6 is 23.2 Å². The number of halogens is 2. The fourth-order valence-corrected chi connectivity index (χ4v) is 5.88. The molecule has 2 aromatic rings. The molecular formula is C18H18Cl2N2O3S. The molecule has 2 atom stereocenters. The molecule has 1 fully saturated rings. The highest BCUT2D eigenvalue weighted by Gasteiger charge is 2.39. The Morgan fingerprint density at radius 3 is 2.19 bits per heavy atom. The van der Waals surface area contributed by atoms with E-state index in [1.807, 2.05) is 4.90 Å². The number of hydrogen-bond acceptors (Lipinski definition) is 5. The molecule has 0 aliphatic carbocycles. The fourth-order valence-electron chi connectivity index (χ4n) is 3.73. The molecule has 0 radical (unpaired) electrons. The maximum Gasteiger partial charge on any atom is 0.210 e. The zero-order chi connectivity index (χ0) is 18.5. The minimum absolute atomic E-state index is 0.143. The molecule has 4 rings (SSSR count). The third kappa shape index (κ3) is 2.90. The first kappa shape index (κ1) is 18.1. The van der Waals surface area contributed by atoms with E-state index in [1.54, 1.807) is 24.3 Å².